The number of aromatic nitrogens is 1. The zero-order valence-electron chi connectivity index (χ0n) is 28.3. The molecule has 2 bridgehead atoms. The fourth-order valence-electron chi connectivity index (χ4n) is 7.58. The summed E-state index contributed by atoms with van der Waals surface area (Å²) in [6.45, 7) is 0.330. The Balaban J connectivity index is 1.15. The van der Waals surface area contributed by atoms with Crippen molar-refractivity contribution in [3.63, 3.8) is 0 Å². The Morgan fingerprint density at radius 2 is 1.81 bits per heavy atom. The van der Waals surface area contributed by atoms with Crippen molar-refractivity contribution in [2.45, 2.75) is 67.7 Å². The number of oxime groups is 1. The van der Waals surface area contributed by atoms with E-state index in [9.17, 15) is 49.2 Å². The van der Waals surface area contributed by atoms with Gasteiger partial charge in [0.25, 0.3) is 17.7 Å². The maximum Gasteiger partial charge on any atom is 0.352 e. The van der Waals surface area contributed by atoms with Gasteiger partial charge in [-0.3, -0.25) is 24.1 Å². The van der Waals surface area contributed by atoms with Gasteiger partial charge in [-0.2, -0.15) is 0 Å². The molecule has 54 heavy (non-hydrogen) atoms. The van der Waals surface area contributed by atoms with Gasteiger partial charge in [0.05, 0.1) is 36.1 Å². The Hall–Kier alpha value is -5.12. The van der Waals surface area contributed by atoms with E-state index in [0.29, 0.717) is 29.4 Å². The van der Waals surface area contributed by atoms with E-state index < -0.39 is 76.8 Å². The number of phenols is 2. The maximum absolute atomic E-state index is 13.5. The molecule has 2 aromatic rings. The number of hydrogen-bond donors (Lipinski definition) is 8. The molecule has 1 aromatic carbocycles. The molecule has 19 nitrogen and oxygen atoms in total. The normalized spacial score (nSPS) is 26.7. The van der Waals surface area contributed by atoms with Crippen molar-refractivity contribution >= 4 is 81.2 Å². The number of nitrogen functional groups attached to an aromatic ring is 1. The van der Waals surface area contributed by atoms with Gasteiger partial charge in [0.1, 0.15) is 29.4 Å². The number of nitrogens with zero attached hydrogens (tertiary/aromatic N) is 4. The molecule has 288 valence electrons. The van der Waals surface area contributed by atoms with Crippen LogP contribution < -0.4 is 16.4 Å². The number of aliphatic carboxylic acids is 3. The number of halogens is 1. The summed E-state index contributed by atoms with van der Waals surface area (Å²) in [5.41, 5.74) is 5.39. The van der Waals surface area contributed by atoms with Crippen LogP contribution in [0.5, 0.6) is 11.5 Å². The number of piperidine rings is 1. The minimum atomic E-state index is -1.94. The van der Waals surface area contributed by atoms with E-state index in [1.165, 1.54) is 29.3 Å². The number of anilines is 1. The Labute approximate surface area is 319 Å². The van der Waals surface area contributed by atoms with Gasteiger partial charge < -0.3 is 51.2 Å². The van der Waals surface area contributed by atoms with Gasteiger partial charge >= 0.3 is 17.9 Å². The predicted octanol–water partition coefficient (Wildman–Crippen LogP) is 0.747. The number of carbonyl (C=O) groups excluding carboxylic acids is 3. The second-order valence-electron chi connectivity index (χ2n) is 13.5. The second kappa shape index (κ2) is 15.0. The summed E-state index contributed by atoms with van der Waals surface area (Å²) in [7, 11) is 2.04. The van der Waals surface area contributed by atoms with Gasteiger partial charge in [0.2, 0.25) is 6.10 Å². The Morgan fingerprint density at radius 3 is 2.41 bits per heavy atom. The zero-order chi connectivity index (χ0) is 39.2. The number of nitrogens with one attached hydrogen (secondary N) is 2. The van der Waals surface area contributed by atoms with Crippen molar-refractivity contribution in [1.82, 2.24) is 20.5 Å². The summed E-state index contributed by atoms with van der Waals surface area (Å²) in [4.78, 5) is 85.3. The van der Waals surface area contributed by atoms with Crippen LogP contribution in [0.25, 0.3) is 0 Å². The van der Waals surface area contributed by atoms with Crippen LogP contribution in [0.1, 0.15) is 48.2 Å². The number of thiazole rings is 1. The molecule has 3 amide bonds. The Kier molecular flexibility index (Phi) is 10.7. The largest absolute Gasteiger partial charge is 0.504 e. The van der Waals surface area contributed by atoms with E-state index in [-0.39, 0.29) is 51.0 Å². The van der Waals surface area contributed by atoms with Crippen LogP contribution in [-0.4, -0.2) is 136 Å². The van der Waals surface area contributed by atoms with Crippen LogP contribution in [0, 0.1) is 0 Å². The van der Waals surface area contributed by atoms with Crippen LogP contribution in [0.3, 0.4) is 0 Å². The van der Waals surface area contributed by atoms with Gasteiger partial charge in [-0.25, -0.2) is 14.6 Å². The lowest BCUT2D eigenvalue weighted by atomic mass is 9.92. The van der Waals surface area contributed by atoms with Gasteiger partial charge in [0, 0.05) is 48.4 Å². The number of rotatable bonds is 13. The summed E-state index contributed by atoms with van der Waals surface area (Å²) in [6, 6.07) is 1.19. The molecule has 7 atom stereocenters. The van der Waals surface area contributed by atoms with Gasteiger partial charge in [-0.15, -0.1) is 23.1 Å². The highest BCUT2D eigenvalue weighted by atomic mass is 35.5. The molecule has 0 saturated carbocycles. The lowest BCUT2D eigenvalue weighted by Crippen LogP contribution is -2.71. The fraction of sp³-hybridized carbons (Fsp3) is 0.438. The van der Waals surface area contributed by atoms with E-state index in [0.717, 1.165) is 29.1 Å². The van der Waals surface area contributed by atoms with E-state index in [1.807, 2.05) is 7.05 Å². The molecule has 5 heterocycles. The first-order valence-corrected chi connectivity index (χ1v) is 18.8. The molecule has 22 heteroatoms. The lowest BCUT2D eigenvalue weighted by molar-refractivity contribution is -0.944. The molecule has 9 N–H and O–H groups in total. The first-order valence-electron chi connectivity index (χ1n) is 16.5. The smallest absolute Gasteiger partial charge is 0.352 e. The van der Waals surface area contributed by atoms with E-state index in [1.54, 1.807) is 0 Å². The van der Waals surface area contributed by atoms with Crippen molar-refractivity contribution in [3.8, 4) is 11.5 Å². The molecule has 1 unspecified atom stereocenters. The zero-order valence-corrected chi connectivity index (χ0v) is 30.7. The Bertz CT molecular complexity index is 1990. The number of amides is 3. The van der Waals surface area contributed by atoms with Crippen molar-refractivity contribution in [1.29, 1.82) is 0 Å². The molecule has 0 aliphatic carbocycles. The molecule has 6 rings (SSSR count). The number of carboxylic acids is 3. The van der Waals surface area contributed by atoms with Crippen molar-refractivity contribution < 1.29 is 63.6 Å². The minimum absolute atomic E-state index is 0.0214. The topological polar surface area (TPSA) is 291 Å². The number of benzene rings is 1. The molecular weight excluding hydrogens is 774 g/mol. The van der Waals surface area contributed by atoms with Crippen molar-refractivity contribution in [2.24, 2.45) is 5.16 Å². The molecule has 1 aromatic heterocycles. The van der Waals surface area contributed by atoms with Crippen LogP contribution >= 0.6 is 34.7 Å². The molecule has 3 fully saturated rings. The summed E-state index contributed by atoms with van der Waals surface area (Å²) >= 11 is 8.30. The van der Waals surface area contributed by atoms with Gasteiger partial charge in [-0.05, 0) is 12.1 Å². The van der Waals surface area contributed by atoms with Crippen LogP contribution in [0.4, 0.5) is 5.13 Å². The Morgan fingerprint density at radius 1 is 1.13 bits per heavy atom. The van der Waals surface area contributed by atoms with E-state index >= 15 is 0 Å². The third-order valence-corrected chi connectivity index (χ3v) is 12.6. The summed E-state index contributed by atoms with van der Waals surface area (Å²) in [5, 5.41) is 57.7. The number of quaternary nitrogens is 1. The van der Waals surface area contributed by atoms with Crippen molar-refractivity contribution in [2.75, 3.05) is 25.1 Å². The summed E-state index contributed by atoms with van der Waals surface area (Å²) in [5.74, 6) is -7.46. The number of carboxylic acid groups (broad SMARTS) is 3. The monoisotopic (exact) mass is 808 g/mol. The number of hydrogen-bond acceptors (Lipinski definition) is 14. The highest BCUT2D eigenvalue weighted by molar-refractivity contribution is 8.00. The maximum atomic E-state index is 13.5. The van der Waals surface area contributed by atoms with Crippen LogP contribution in [0.15, 0.2) is 33.9 Å². The number of aromatic hydroxyl groups is 2. The highest BCUT2D eigenvalue weighted by Gasteiger charge is 2.57. The molecular formula is C32H35ClN7O12S2+. The number of phenolic OH excluding ortho intramolecular Hbond substituents is 2. The number of fused-ring (bicyclic) bond motifs is 3. The van der Waals surface area contributed by atoms with Crippen LogP contribution in [-0.2, 0) is 28.8 Å². The third kappa shape index (κ3) is 7.22. The number of thioether (sulfide) groups is 1. The van der Waals surface area contributed by atoms with Gasteiger partial charge in [0.15, 0.2) is 22.3 Å². The van der Waals surface area contributed by atoms with Crippen molar-refractivity contribution in [3.05, 3.63) is 45.1 Å². The molecule has 0 radical (unpaired) electrons. The van der Waals surface area contributed by atoms with Crippen LogP contribution in [0.2, 0.25) is 5.02 Å². The quantitative estimate of drug-likeness (QED) is 0.0456. The number of likely N-dealkylation sites (N-methyl/N-ethyl adjacent to an activating group) is 1. The highest BCUT2D eigenvalue weighted by Crippen LogP contribution is 2.46. The van der Waals surface area contributed by atoms with Gasteiger partial charge in [-0.1, -0.05) is 16.8 Å². The third-order valence-electron chi connectivity index (χ3n) is 10.2. The fourth-order valence-corrected chi connectivity index (χ4v) is 9.71. The lowest BCUT2D eigenvalue weighted by Gasteiger charge is -2.52. The first-order chi connectivity index (χ1) is 25.5. The van der Waals surface area contributed by atoms with E-state index in [4.69, 9.17) is 27.3 Å². The first kappa shape index (κ1) is 38.6. The average Bonchev–Trinajstić information content (AvgIpc) is 3.57. The predicted molar refractivity (Wildman–Crippen MR) is 191 cm³/mol. The molecule has 0 spiro atoms. The standard InChI is InChI=1S/C32H34ClN7O12S2/c1-40(14-2-3-15(40)7-13(6-14)35-26(45)16-4-5-18(41)25(44)21(16)33)9-12-10-53-29-23(28(47)39(29)24(12)31(50)51)37-27(46)22(17-11-54-32(34)36-17)38-52-19(30(48)49)8-20(42)43/h4-5,11,13-15,19,23,29H,2-3,6-10H2,1H3,(H8-,34,35,36,37,38,41,42,43,44,45,46,48,49,50,51)/p+1/t13-,14-,15+,19-,23+,29+,40?/m0/s1. The number of nitrogens with two attached hydrogens (primary N) is 1. The summed E-state index contributed by atoms with van der Waals surface area (Å²) in [6.07, 6.45) is -0.0691. The number of carbonyl (C=O) groups is 6. The second-order valence-corrected chi connectivity index (χ2v) is 15.9. The summed E-state index contributed by atoms with van der Waals surface area (Å²) < 4.78 is 0.502. The average molecular weight is 809 g/mol. The molecule has 3 saturated heterocycles. The molecule has 4 aliphatic heterocycles. The minimum Gasteiger partial charge on any atom is -0.504 e. The SMILES string of the molecule is C[N+]1(CC2=C(C(=O)O)N3C(=O)[C@@H](NC(=O)/C(=N\O[C@@H](CC(=O)O)C(=O)O)c4csc(N)n4)[C@H]3SC2)[C@@H]2CC[C@H]1C[C@H](NC(=O)c1ccc(O)c(O)c1Cl)C2. The number of β-lactam (4-membered cyclic amide) rings is 1. The van der Waals surface area contributed by atoms with E-state index in [2.05, 4.69) is 20.8 Å². The molecule has 4 aliphatic rings.